The van der Waals surface area contributed by atoms with Crippen LogP contribution in [0.3, 0.4) is 0 Å². The molecular weight excluding hydrogens is 409 g/mol. The number of hydrogen-bond donors (Lipinski definition) is 2. The molecule has 0 radical (unpaired) electrons. The average Bonchev–Trinajstić information content (AvgIpc) is 2.75. The summed E-state index contributed by atoms with van der Waals surface area (Å²) in [5.74, 6) is -0.709. The highest BCUT2D eigenvalue weighted by Crippen LogP contribution is 2.41. The number of aromatic carboxylic acids is 1. The van der Waals surface area contributed by atoms with E-state index in [0.717, 1.165) is 22.2 Å². The predicted molar refractivity (Wildman–Crippen MR) is 121 cm³/mol. The average molecular weight is 431 g/mol. The maximum absolute atomic E-state index is 13.9. The van der Waals surface area contributed by atoms with E-state index in [1.165, 1.54) is 18.2 Å². The van der Waals surface area contributed by atoms with E-state index in [2.05, 4.69) is 0 Å². The van der Waals surface area contributed by atoms with Crippen LogP contribution in [-0.4, -0.2) is 21.2 Å². The van der Waals surface area contributed by atoms with Gasteiger partial charge in [-0.05, 0) is 77.9 Å². The lowest BCUT2D eigenvalue weighted by Gasteiger charge is -2.19. The summed E-state index contributed by atoms with van der Waals surface area (Å²) in [5.41, 5.74) is 3.02. The quantitative estimate of drug-likeness (QED) is 0.369. The summed E-state index contributed by atoms with van der Waals surface area (Å²) in [6, 6.07) is 16.0. The lowest BCUT2D eigenvalue weighted by atomic mass is 9.92. The second-order valence-electron chi connectivity index (χ2n) is 7.96. The minimum Gasteiger partial charge on any atom is -0.508 e. The fourth-order valence-corrected chi connectivity index (χ4v) is 3.69. The fourth-order valence-electron chi connectivity index (χ4n) is 3.69. The molecule has 5 nitrogen and oxygen atoms in total. The zero-order valence-corrected chi connectivity index (χ0v) is 17.9. The van der Waals surface area contributed by atoms with Gasteiger partial charge in [-0.2, -0.15) is 0 Å². The van der Waals surface area contributed by atoms with Crippen molar-refractivity contribution in [2.75, 3.05) is 0 Å². The van der Waals surface area contributed by atoms with Crippen LogP contribution in [0.2, 0.25) is 0 Å². The van der Waals surface area contributed by atoms with E-state index in [1.54, 1.807) is 49.4 Å². The van der Waals surface area contributed by atoms with Gasteiger partial charge in [0.05, 0.1) is 11.3 Å². The van der Waals surface area contributed by atoms with Crippen molar-refractivity contribution in [1.29, 1.82) is 0 Å². The summed E-state index contributed by atoms with van der Waals surface area (Å²) in [7, 11) is 0. The fraction of sp³-hybridized carbons (Fsp3) is 0.154. The summed E-state index contributed by atoms with van der Waals surface area (Å²) in [6.45, 7) is 5.72. The highest BCUT2D eigenvalue weighted by atomic mass is 19.1. The molecule has 0 unspecified atom stereocenters. The van der Waals surface area contributed by atoms with E-state index >= 15 is 0 Å². The predicted octanol–water partition coefficient (Wildman–Crippen LogP) is 6.67. The summed E-state index contributed by atoms with van der Waals surface area (Å²) in [5, 5.41) is 20.8. The topological polar surface area (TPSA) is 79.7 Å². The molecule has 0 amide bonds. The van der Waals surface area contributed by atoms with E-state index in [4.69, 9.17) is 9.72 Å². The molecule has 4 aromatic rings. The van der Waals surface area contributed by atoms with Crippen LogP contribution in [0.25, 0.3) is 21.9 Å². The number of halogens is 1. The first kappa shape index (κ1) is 21.3. The van der Waals surface area contributed by atoms with Gasteiger partial charge in [0, 0.05) is 10.9 Å². The summed E-state index contributed by atoms with van der Waals surface area (Å²) in [4.78, 5) is 16.1. The van der Waals surface area contributed by atoms with Crippen LogP contribution in [0.15, 0.2) is 60.7 Å². The molecule has 0 aliphatic rings. The van der Waals surface area contributed by atoms with Gasteiger partial charge < -0.3 is 14.9 Å². The van der Waals surface area contributed by atoms with E-state index < -0.39 is 5.97 Å². The molecule has 2 N–H and O–H groups in total. The molecule has 0 aliphatic carbocycles. The van der Waals surface area contributed by atoms with Gasteiger partial charge in [-0.1, -0.05) is 26.0 Å². The number of carboxylic acids is 1. The number of hydrogen-bond acceptors (Lipinski definition) is 4. The Bertz CT molecular complexity index is 1350. The van der Waals surface area contributed by atoms with Crippen LogP contribution < -0.4 is 4.74 Å². The number of carbonyl (C=O) groups is 1. The molecular formula is C26H22FNO4. The minimum absolute atomic E-state index is 0.0151. The van der Waals surface area contributed by atoms with Crippen LogP contribution in [0.5, 0.6) is 17.4 Å². The van der Waals surface area contributed by atoms with Gasteiger partial charge in [0.25, 0.3) is 0 Å². The van der Waals surface area contributed by atoms with Crippen molar-refractivity contribution in [3.05, 3.63) is 83.3 Å². The molecule has 1 aromatic heterocycles. The maximum Gasteiger partial charge on any atom is 0.335 e. The van der Waals surface area contributed by atoms with E-state index in [1.807, 2.05) is 13.8 Å². The lowest BCUT2D eigenvalue weighted by molar-refractivity contribution is 0.0696. The molecule has 3 aromatic carbocycles. The van der Waals surface area contributed by atoms with Gasteiger partial charge in [-0.3, -0.25) is 0 Å². The third-order valence-corrected chi connectivity index (χ3v) is 5.27. The first-order valence-corrected chi connectivity index (χ1v) is 10.2. The first-order chi connectivity index (χ1) is 15.2. The number of aromatic nitrogens is 1. The number of nitrogens with zero attached hydrogens (tertiary/aromatic N) is 1. The van der Waals surface area contributed by atoms with E-state index in [0.29, 0.717) is 16.7 Å². The smallest absolute Gasteiger partial charge is 0.335 e. The highest BCUT2D eigenvalue weighted by Gasteiger charge is 2.20. The second kappa shape index (κ2) is 8.30. The summed E-state index contributed by atoms with van der Waals surface area (Å²) < 4.78 is 19.9. The number of phenolic OH excluding ortho intramolecular Hbond substituents is 1. The highest BCUT2D eigenvalue weighted by molar-refractivity contribution is 6.01. The maximum atomic E-state index is 13.9. The number of pyridine rings is 1. The molecule has 0 aliphatic heterocycles. The van der Waals surface area contributed by atoms with Gasteiger partial charge in [0.1, 0.15) is 17.3 Å². The van der Waals surface area contributed by atoms with E-state index in [-0.39, 0.29) is 28.9 Å². The minimum atomic E-state index is -1.06. The molecule has 32 heavy (non-hydrogen) atoms. The third-order valence-electron chi connectivity index (χ3n) is 5.27. The molecule has 0 spiro atoms. The molecule has 162 valence electrons. The van der Waals surface area contributed by atoms with Crippen molar-refractivity contribution in [3.63, 3.8) is 0 Å². The Balaban J connectivity index is 1.97. The standard InChI is InChI=1S/C26H22FNO4/c1-14(2)24-23(16-7-10-22(27)15(3)11-16)20-9-8-18(29)13-21(20)25(28-24)32-19-6-4-5-17(12-19)26(30)31/h4-14,29H,1-3H3,(H,30,31). The van der Waals surface area contributed by atoms with Crippen molar-refractivity contribution >= 4 is 16.7 Å². The zero-order valence-electron chi connectivity index (χ0n) is 17.9. The van der Waals surface area contributed by atoms with Gasteiger partial charge in [-0.25, -0.2) is 14.2 Å². The number of rotatable bonds is 5. The first-order valence-electron chi connectivity index (χ1n) is 10.2. The number of benzene rings is 3. The molecule has 0 saturated heterocycles. The lowest BCUT2D eigenvalue weighted by Crippen LogP contribution is -2.02. The van der Waals surface area contributed by atoms with Crippen molar-refractivity contribution in [3.8, 4) is 28.5 Å². The number of aromatic hydroxyl groups is 1. The Morgan fingerprint density at radius 2 is 1.81 bits per heavy atom. The van der Waals surface area contributed by atoms with Crippen LogP contribution in [-0.2, 0) is 0 Å². The van der Waals surface area contributed by atoms with Crippen molar-refractivity contribution in [1.82, 2.24) is 4.98 Å². The van der Waals surface area contributed by atoms with Crippen molar-refractivity contribution in [2.24, 2.45) is 0 Å². The Morgan fingerprint density at radius 1 is 1.03 bits per heavy atom. The Labute approximate surface area is 184 Å². The number of phenols is 1. The summed E-state index contributed by atoms with van der Waals surface area (Å²) >= 11 is 0. The van der Waals surface area contributed by atoms with Crippen molar-refractivity contribution in [2.45, 2.75) is 26.7 Å². The molecule has 0 bridgehead atoms. The third kappa shape index (κ3) is 3.99. The number of aryl methyl sites for hydroxylation is 1. The Hall–Kier alpha value is -3.93. The molecule has 6 heteroatoms. The van der Waals surface area contributed by atoms with Crippen LogP contribution in [0.1, 0.15) is 41.4 Å². The van der Waals surface area contributed by atoms with Gasteiger partial charge in [0.2, 0.25) is 5.88 Å². The van der Waals surface area contributed by atoms with Gasteiger partial charge in [-0.15, -0.1) is 0 Å². The normalized spacial score (nSPS) is 11.2. The van der Waals surface area contributed by atoms with Gasteiger partial charge >= 0.3 is 5.97 Å². The van der Waals surface area contributed by atoms with Crippen molar-refractivity contribution < 1.29 is 24.1 Å². The molecule has 0 saturated carbocycles. The largest absolute Gasteiger partial charge is 0.508 e. The van der Waals surface area contributed by atoms with Crippen LogP contribution >= 0.6 is 0 Å². The van der Waals surface area contributed by atoms with Crippen LogP contribution in [0.4, 0.5) is 4.39 Å². The van der Waals surface area contributed by atoms with E-state index in [9.17, 15) is 19.4 Å². The van der Waals surface area contributed by atoms with Crippen LogP contribution in [0, 0.1) is 12.7 Å². The molecule has 0 fully saturated rings. The monoisotopic (exact) mass is 431 g/mol. The zero-order chi connectivity index (χ0) is 23.0. The summed E-state index contributed by atoms with van der Waals surface area (Å²) in [6.07, 6.45) is 0. The Morgan fingerprint density at radius 3 is 2.50 bits per heavy atom. The molecule has 4 rings (SSSR count). The second-order valence-corrected chi connectivity index (χ2v) is 7.96. The molecule has 1 heterocycles. The Kier molecular flexibility index (Phi) is 5.53. The SMILES string of the molecule is Cc1cc(-c2c(C(C)C)nc(Oc3cccc(C(=O)O)c3)c3cc(O)ccc23)ccc1F. The number of carboxylic acid groups (broad SMARTS) is 1. The molecule has 0 atom stereocenters. The van der Waals surface area contributed by atoms with Gasteiger partial charge in [0.15, 0.2) is 0 Å². The number of ether oxygens (including phenoxy) is 1. The number of fused-ring (bicyclic) bond motifs is 1.